The van der Waals surface area contributed by atoms with Crippen molar-refractivity contribution in [3.8, 4) is 0 Å². The second kappa shape index (κ2) is 8.41. The predicted molar refractivity (Wildman–Crippen MR) is 89.0 cm³/mol. The molecule has 2 heteroatoms. The lowest BCUT2D eigenvalue weighted by molar-refractivity contribution is -0.117. The number of carbonyl (C=O) groups is 1. The van der Waals surface area contributed by atoms with Gasteiger partial charge in [0, 0.05) is 6.04 Å². The summed E-state index contributed by atoms with van der Waals surface area (Å²) >= 11 is 0. The minimum atomic E-state index is -0.0128. The normalized spacial score (nSPS) is 33.1. The highest BCUT2D eigenvalue weighted by Gasteiger charge is 2.30. The Kier molecular flexibility index (Phi) is 6.53. The van der Waals surface area contributed by atoms with Gasteiger partial charge in [-0.3, -0.25) is 4.79 Å². The first-order chi connectivity index (χ1) is 10.2. The van der Waals surface area contributed by atoms with Gasteiger partial charge in [0.15, 0.2) is 0 Å². The monoisotopic (exact) mass is 289 g/mol. The largest absolute Gasteiger partial charge is 0.350 e. The second-order valence-electron chi connectivity index (χ2n) is 6.97. The Morgan fingerprint density at radius 3 is 2.05 bits per heavy atom. The van der Waals surface area contributed by atoms with E-state index in [1.54, 1.807) is 0 Å². The van der Waals surface area contributed by atoms with Crippen LogP contribution in [0.4, 0.5) is 0 Å². The van der Waals surface area contributed by atoms with Crippen LogP contribution in [-0.4, -0.2) is 11.9 Å². The minimum Gasteiger partial charge on any atom is -0.350 e. The number of hydrogen-bond acceptors (Lipinski definition) is 1. The Hall–Kier alpha value is -1.05. The zero-order chi connectivity index (χ0) is 15.1. The van der Waals surface area contributed by atoms with Crippen LogP contribution in [0.15, 0.2) is 25.3 Å². The lowest BCUT2D eigenvalue weighted by atomic mass is 9.69. The molecule has 2 aliphatic carbocycles. The van der Waals surface area contributed by atoms with Gasteiger partial charge in [0.2, 0.25) is 5.91 Å². The molecule has 2 saturated carbocycles. The van der Waals surface area contributed by atoms with E-state index in [1.807, 2.05) is 0 Å². The minimum absolute atomic E-state index is 0.0128. The smallest absolute Gasteiger partial charge is 0.243 e. The standard InChI is InChI=1S/C19H31NO/c1-3-5-6-15-7-9-16(10-8-15)17-11-13-18(14-12-17)20-19(21)4-2/h3-4,15-18H,1-2,5-14H2,(H,20,21). The fraction of sp³-hybridized carbons (Fsp3) is 0.737. The third-order valence-electron chi connectivity index (χ3n) is 5.64. The molecule has 0 aromatic carbocycles. The highest BCUT2D eigenvalue weighted by molar-refractivity contribution is 5.87. The molecule has 0 unspecified atom stereocenters. The highest BCUT2D eigenvalue weighted by atomic mass is 16.1. The molecule has 1 N–H and O–H groups in total. The van der Waals surface area contributed by atoms with Crippen LogP contribution < -0.4 is 5.32 Å². The summed E-state index contributed by atoms with van der Waals surface area (Å²) in [5.41, 5.74) is 0. The third kappa shape index (κ3) is 5.01. The van der Waals surface area contributed by atoms with Crippen molar-refractivity contribution in [2.75, 3.05) is 0 Å². The molecule has 21 heavy (non-hydrogen) atoms. The van der Waals surface area contributed by atoms with E-state index in [4.69, 9.17) is 0 Å². The van der Waals surface area contributed by atoms with Gasteiger partial charge in [-0.05, 0) is 75.2 Å². The van der Waals surface area contributed by atoms with Crippen LogP contribution in [-0.2, 0) is 4.79 Å². The van der Waals surface area contributed by atoms with Gasteiger partial charge in [0.1, 0.15) is 0 Å². The summed E-state index contributed by atoms with van der Waals surface area (Å²) in [5, 5.41) is 3.06. The second-order valence-corrected chi connectivity index (χ2v) is 6.97. The van der Waals surface area contributed by atoms with Crippen molar-refractivity contribution < 1.29 is 4.79 Å². The SMILES string of the molecule is C=CCCC1CCC(C2CCC(NC(=O)C=C)CC2)CC1. The zero-order valence-electron chi connectivity index (χ0n) is 13.4. The zero-order valence-corrected chi connectivity index (χ0v) is 13.4. The van der Waals surface area contributed by atoms with Crippen molar-refractivity contribution in [1.29, 1.82) is 0 Å². The van der Waals surface area contributed by atoms with Gasteiger partial charge in [-0.2, -0.15) is 0 Å². The van der Waals surface area contributed by atoms with Gasteiger partial charge in [-0.25, -0.2) is 0 Å². The van der Waals surface area contributed by atoms with Gasteiger partial charge in [-0.1, -0.05) is 25.5 Å². The van der Waals surface area contributed by atoms with E-state index in [-0.39, 0.29) is 5.91 Å². The molecule has 1 amide bonds. The molecule has 2 nitrogen and oxygen atoms in total. The van der Waals surface area contributed by atoms with Gasteiger partial charge < -0.3 is 5.32 Å². The number of allylic oxidation sites excluding steroid dienone is 1. The summed E-state index contributed by atoms with van der Waals surface area (Å²) in [5.74, 6) is 2.78. The maximum atomic E-state index is 11.3. The van der Waals surface area contributed by atoms with Crippen molar-refractivity contribution >= 4 is 5.91 Å². The predicted octanol–water partition coefficient (Wildman–Crippen LogP) is 4.62. The first-order valence-electron chi connectivity index (χ1n) is 8.76. The molecule has 2 rings (SSSR count). The van der Waals surface area contributed by atoms with Crippen molar-refractivity contribution in [1.82, 2.24) is 5.32 Å². The van der Waals surface area contributed by atoms with Crippen LogP contribution >= 0.6 is 0 Å². The Morgan fingerprint density at radius 2 is 1.52 bits per heavy atom. The molecular formula is C19H31NO. The Morgan fingerprint density at radius 1 is 0.952 bits per heavy atom. The number of amides is 1. The molecular weight excluding hydrogens is 258 g/mol. The first-order valence-corrected chi connectivity index (χ1v) is 8.76. The fourth-order valence-electron chi connectivity index (χ4n) is 4.30. The fourth-order valence-corrected chi connectivity index (χ4v) is 4.30. The molecule has 118 valence electrons. The molecule has 0 bridgehead atoms. The maximum absolute atomic E-state index is 11.3. The lowest BCUT2D eigenvalue weighted by Gasteiger charge is -2.38. The molecule has 0 saturated heterocycles. The molecule has 0 radical (unpaired) electrons. The molecule has 0 heterocycles. The Labute approximate surface area is 130 Å². The average molecular weight is 289 g/mol. The quantitative estimate of drug-likeness (QED) is 0.561. The molecule has 0 aliphatic heterocycles. The Bertz CT molecular complexity index is 347. The molecule has 0 aromatic heterocycles. The molecule has 0 aromatic rings. The summed E-state index contributed by atoms with van der Waals surface area (Å²) < 4.78 is 0. The molecule has 0 atom stereocenters. The van der Waals surface area contributed by atoms with Gasteiger partial charge in [0.05, 0.1) is 0 Å². The van der Waals surface area contributed by atoms with Gasteiger partial charge in [-0.15, -0.1) is 6.58 Å². The van der Waals surface area contributed by atoms with Crippen LogP contribution in [0.25, 0.3) is 0 Å². The first kappa shape index (κ1) is 16.3. The molecule has 0 spiro atoms. The van der Waals surface area contributed by atoms with Crippen LogP contribution in [0, 0.1) is 17.8 Å². The van der Waals surface area contributed by atoms with Crippen molar-refractivity contribution in [3.05, 3.63) is 25.3 Å². The third-order valence-corrected chi connectivity index (χ3v) is 5.64. The average Bonchev–Trinajstić information content (AvgIpc) is 2.54. The van der Waals surface area contributed by atoms with Crippen LogP contribution in [0.2, 0.25) is 0 Å². The van der Waals surface area contributed by atoms with Gasteiger partial charge in [0.25, 0.3) is 0 Å². The lowest BCUT2D eigenvalue weighted by Crippen LogP contribution is -2.38. The molecule has 2 fully saturated rings. The van der Waals surface area contributed by atoms with Crippen molar-refractivity contribution in [3.63, 3.8) is 0 Å². The van der Waals surface area contributed by atoms with E-state index in [0.717, 1.165) is 30.6 Å². The molecule has 2 aliphatic rings. The number of hydrogen-bond donors (Lipinski definition) is 1. The van der Waals surface area contributed by atoms with E-state index >= 15 is 0 Å². The topological polar surface area (TPSA) is 29.1 Å². The highest BCUT2D eigenvalue weighted by Crippen LogP contribution is 2.41. The number of rotatable bonds is 6. The van der Waals surface area contributed by atoms with E-state index in [1.165, 1.54) is 57.4 Å². The summed E-state index contributed by atoms with van der Waals surface area (Å²) in [6.45, 7) is 7.36. The van der Waals surface area contributed by atoms with Gasteiger partial charge >= 0.3 is 0 Å². The van der Waals surface area contributed by atoms with Crippen LogP contribution in [0.1, 0.15) is 64.2 Å². The number of carbonyl (C=O) groups excluding carboxylic acids is 1. The Balaban J connectivity index is 1.68. The maximum Gasteiger partial charge on any atom is 0.243 e. The summed E-state index contributed by atoms with van der Waals surface area (Å²) in [7, 11) is 0. The number of nitrogens with one attached hydrogen (secondary N) is 1. The van der Waals surface area contributed by atoms with Crippen molar-refractivity contribution in [2.24, 2.45) is 17.8 Å². The summed E-state index contributed by atoms with van der Waals surface area (Å²) in [6, 6.07) is 0.385. The summed E-state index contributed by atoms with van der Waals surface area (Å²) in [6.07, 6.45) is 16.6. The van der Waals surface area contributed by atoms with E-state index < -0.39 is 0 Å². The van der Waals surface area contributed by atoms with Crippen LogP contribution in [0.5, 0.6) is 0 Å². The van der Waals surface area contributed by atoms with E-state index in [2.05, 4.69) is 24.6 Å². The van der Waals surface area contributed by atoms with Crippen molar-refractivity contribution in [2.45, 2.75) is 70.3 Å². The van der Waals surface area contributed by atoms with E-state index in [0.29, 0.717) is 6.04 Å². The summed E-state index contributed by atoms with van der Waals surface area (Å²) in [4.78, 5) is 11.3. The van der Waals surface area contributed by atoms with Crippen LogP contribution in [0.3, 0.4) is 0 Å². The van der Waals surface area contributed by atoms with E-state index in [9.17, 15) is 4.79 Å².